The second kappa shape index (κ2) is 5.26. The number of fused-ring (bicyclic) bond motifs is 1. The van der Waals surface area contributed by atoms with Crippen molar-refractivity contribution < 1.29 is 5.11 Å². The van der Waals surface area contributed by atoms with Crippen LogP contribution in [0.2, 0.25) is 0 Å². The van der Waals surface area contributed by atoms with Gasteiger partial charge in [-0.25, -0.2) is 0 Å². The van der Waals surface area contributed by atoms with Gasteiger partial charge in [-0.1, -0.05) is 61.7 Å². The van der Waals surface area contributed by atoms with Crippen molar-refractivity contribution in [2.45, 2.75) is 38.2 Å². The highest BCUT2D eigenvalue weighted by atomic mass is 16.3. The molecule has 2 heteroatoms. The van der Waals surface area contributed by atoms with Crippen LogP contribution < -0.4 is 0 Å². The van der Waals surface area contributed by atoms with Crippen LogP contribution in [0.4, 0.5) is 0 Å². The molecular formula is C18H19NO. The minimum absolute atomic E-state index is 0.609. The van der Waals surface area contributed by atoms with E-state index in [-0.39, 0.29) is 0 Å². The van der Waals surface area contributed by atoms with Gasteiger partial charge in [0.2, 0.25) is 0 Å². The molecule has 0 bridgehead atoms. The Kier molecular flexibility index (Phi) is 3.46. The van der Waals surface area contributed by atoms with Crippen LogP contribution in [0, 0.1) is 16.7 Å². The van der Waals surface area contributed by atoms with Gasteiger partial charge >= 0.3 is 0 Å². The van der Waals surface area contributed by atoms with Crippen molar-refractivity contribution in [3.05, 3.63) is 48.0 Å². The fraction of sp³-hybridized carbons (Fsp3) is 0.389. The second-order valence-electron chi connectivity index (χ2n) is 5.80. The first-order chi connectivity index (χ1) is 9.77. The van der Waals surface area contributed by atoms with Gasteiger partial charge in [-0.05, 0) is 29.2 Å². The molecule has 2 aromatic carbocycles. The van der Waals surface area contributed by atoms with E-state index in [0.717, 1.165) is 42.0 Å². The minimum Gasteiger partial charge on any atom is -0.387 e. The maximum absolute atomic E-state index is 10.9. The summed E-state index contributed by atoms with van der Waals surface area (Å²) in [5, 5.41) is 22.7. The molecule has 0 aromatic heterocycles. The van der Waals surface area contributed by atoms with E-state index in [2.05, 4.69) is 6.07 Å². The van der Waals surface area contributed by atoms with Crippen LogP contribution in [0.25, 0.3) is 10.8 Å². The summed E-state index contributed by atoms with van der Waals surface area (Å²) in [5.41, 5.74) is 0.286. The summed E-state index contributed by atoms with van der Waals surface area (Å²) in [7, 11) is 0. The van der Waals surface area contributed by atoms with Crippen molar-refractivity contribution in [3.8, 4) is 6.07 Å². The van der Waals surface area contributed by atoms with Gasteiger partial charge in [-0.3, -0.25) is 0 Å². The van der Waals surface area contributed by atoms with Gasteiger partial charge in [-0.2, -0.15) is 5.26 Å². The highest BCUT2D eigenvalue weighted by Crippen LogP contribution is 2.46. The number of nitriles is 1. The van der Waals surface area contributed by atoms with Crippen LogP contribution in [-0.2, 0) is 0 Å². The first kappa shape index (κ1) is 13.1. The molecule has 0 radical (unpaired) electrons. The maximum atomic E-state index is 10.9. The van der Waals surface area contributed by atoms with Gasteiger partial charge in [0.15, 0.2) is 0 Å². The Bertz CT molecular complexity index is 645. The zero-order valence-corrected chi connectivity index (χ0v) is 11.5. The van der Waals surface area contributed by atoms with Crippen molar-refractivity contribution in [2.24, 2.45) is 5.41 Å². The molecule has 1 aliphatic carbocycles. The number of benzene rings is 2. The summed E-state index contributed by atoms with van der Waals surface area (Å²) in [6, 6.07) is 16.5. The third-order valence-electron chi connectivity index (χ3n) is 4.61. The largest absolute Gasteiger partial charge is 0.387 e. The molecule has 3 rings (SSSR count). The summed E-state index contributed by atoms with van der Waals surface area (Å²) >= 11 is 0. The molecule has 0 heterocycles. The zero-order valence-electron chi connectivity index (χ0n) is 11.5. The summed E-state index contributed by atoms with van der Waals surface area (Å²) in [5.74, 6) is 0. The molecule has 1 fully saturated rings. The van der Waals surface area contributed by atoms with E-state index in [0.29, 0.717) is 0 Å². The van der Waals surface area contributed by atoms with Gasteiger partial charge in [0.25, 0.3) is 0 Å². The molecule has 0 amide bonds. The lowest BCUT2D eigenvalue weighted by atomic mass is 9.69. The predicted octanol–water partition coefficient (Wildman–Crippen LogP) is 4.35. The average Bonchev–Trinajstić information content (AvgIpc) is 2.54. The lowest BCUT2D eigenvalue weighted by Gasteiger charge is -2.35. The topological polar surface area (TPSA) is 44.0 Å². The van der Waals surface area contributed by atoms with E-state index in [1.807, 2.05) is 42.5 Å². The normalized spacial score (nSPS) is 19.4. The lowest BCUT2D eigenvalue weighted by molar-refractivity contribution is 0.0371. The number of aliphatic hydroxyl groups excluding tert-OH is 1. The van der Waals surface area contributed by atoms with Crippen molar-refractivity contribution in [1.82, 2.24) is 0 Å². The molecule has 1 N–H and O–H groups in total. The molecule has 2 nitrogen and oxygen atoms in total. The Hall–Kier alpha value is -1.85. The zero-order chi connectivity index (χ0) is 14.0. The van der Waals surface area contributed by atoms with Gasteiger partial charge in [0, 0.05) is 0 Å². The molecule has 0 saturated heterocycles. The smallest absolute Gasteiger partial charge is 0.0982 e. The van der Waals surface area contributed by atoms with Crippen molar-refractivity contribution >= 4 is 10.8 Å². The summed E-state index contributed by atoms with van der Waals surface area (Å²) in [4.78, 5) is 0. The fourth-order valence-electron chi connectivity index (χ4n) is 3.42. The number of aliphatic hydroxyl groups is 1. The van der Waals surface area contributed by atoms with Crippen LogP contribution in [0.3, 0.4) is 0 Å². The quantitative estimate of drug-likeness (QED) is 0.877. The van der Waals surface area contributed by atoms with Crippen LogP contribution in [0.15, 0.2) is 42.5 Å². The molecule has 0 unspecified atom stereocenters. The van der Waals surface area contributed by atoms with Crippen LogP contribution in [0.1, 0.15) is 43.8 Å². The van der Waals surface area contributed by atoms with Gasteiger partial charge < -0.3 is 5.11 Å². The van der Waals surface area contributed by atoms with Gasteiger partial charge in [0.05, 0.1) is 17.6 Å². The number of hydrogen-bond donors (Lipinski definition) is 1. The first-order valence-electron chi connectivity index (χ1n) is 7.34. The highest BCUT2D eigenvalue weighted by molar-refractivity contribution is 5.86. The molecule has 1 aliphatic rings. The van der Waals surface area contributed by atoms with E-state index in [1.54, 1.807) is 0 Å². The molecule has 0 aliphatic heterocycles. The van der Waals surface area contributed by atoms with E-state index < -0.39 is 11.5 Å². The van der Waals surface area contributed by atoms with Crippen LogP contribution in [0.5, 0.6) is 0 Å². The average molecular weight is 265 g/mol. The maximum Gasteiger partial charge on any atom is 0.0982 e. The van der Waals surface area contributed by atoms with Gasteiger partial charge in [-0.15, -0.1) is 0 Å². The molecule has 20 heavy (non-hydrogen) atoms. The minimum atomic E-state index is -0.695. The Morgan fingerprint density at radius 1 is 1.00 bits per heavy atom. The van der Waals surface area contributed by atoms with E-state index >= 15 is 0 Å². The third kappa shape index (κ3) is 2.09. The molecule has 102 valence electrons. The second-order valence-corrected chi connectivity index (χ2v) is 5.80. The number of nitrogens with zero attached hydrogens (tertiary/aromatic N) is 1. The molecule has 1 saturated carbocycles. The monoisotopic (exact) mass is 265 g/mol. The summed E-state index contributed by atoms with van der Waals surface area (Å²) in [6.07, 6.45) is 4.15. The van der Waals surface area contributed by atoms with E-state index in [1.165, 1.54) is 6.42 Å². The van der Waals surface area contributed by atoms with E-state index in [9.17, 15) is 10.4 Å². The van der Waals surface area contributed by atoms with Gasteiger partial charge in [0.1, 0.15) is 0 Å². The Balaban J connectivity index is 2.08. The molecule has 1 atom stereocenters. The molecule has 2 aromatic rings. The Morgan fingerprint density at radius 3 is 2.45 bits per heavy atom. The summed E-state index contributed by atoms with van der Waals surface area (Å²) < 4.78 is 0. The molecule has 0 spiro atoms. The van der Waals surface area contributed by atoms with Crippen LogP contribution >= 0.6 is 0 Å². The lowest BCUT2D eigenvalue weighted by Crippen LogP contribution is -2.30. The number of rotatable bonds is 2. The first-order valence-corrected chi connectivity index (χ1v) is 7.34. The Labute approximate surface area is 119 Å². The van der Waals surface area contributed by atoms with Crippen LogP contribution in [-0.4, -0.2) is 5.11 Å². The van der Waals surface area contributed by atoms with Crippen molar-refractivity contribution in [3.63, 3.8) is 0 Å². The third-order valence-corrected chi connectivity index (χ3v) is 4.61. The van der Waals surface area contributed by atoms with Crippen molar-refractivity contribution in [2.75, 3.05) is 0 Å². The SMILES string of the molecule is N#CC1([C@@H](O)c2cccc3ccccc23)CCCCC1. The Morgan fingerprint density at radius 2 is 1.70 bits per heavy atom. The fourth-order valence-corrected chi connectivity index (χ4v) is 3.42. The predicted molar refractivity (Wildman–Crippen MR) is 80.0 cm³/mol. The molecular weight excluding hydrogens is 246 g/mol. The van der Waals surface area contributed by atoms with E-state index in [4.69, 9.17) is 0 Å². The van der Waals surface area contributed by atoms with Crippen molar-refractivity contribution in [1.29, 1.82) is 5.26 Å². The standard InChI is InChI=1S/C18H19NO/c19-13-18(11-4-1-5-12-18)17(20)16-10-6-8-14-7-2-3-9-15(14)16/h2-3,6-10,17,20H,1,4-5,11-12H2/t17-/m0/s1. The summed E-state index contributed by atoms with van der Waals surface area (Å²) in [6.45, 7) is 0. The number of hydrogen-bond acceptors (Lipinski definition) is 2. The highest BCUT2D eigenvalue weighted by Gasteiger charge is 2.40.